The van der Waals surface area contributed by atoms with Crippen LogP contribution < -0.4 is 10.5 Å². The molecule has 0 aliphatic carbocycles. The van der Waals surface area contributed by atoms with Crippen LogP contribution in [-0.4, -0.2) is 42.0 Å². The van der Waals surface area contributed by atoms with Crippen LogP contribution in [0.15, 0.2) is 36.5 Å². The minimum absolute atomic E-state index is 0. The minimum Gasteiger partial charge on any atom is -0.490 e. The number of likely N-dealkylation sites (tertiary alicyclic amines) is 1. The molecule has 0 saturated carbocycles. The molecule has 1 aromatic carbocycles. The molecule has 7 heteroatoms. The molecule has 2 N–H and O–H groups in total. The molecule has 2 heterocycles. The Hall–Kier alpha value is -2.18. The lowest BCUT2D eigenvalue weighted by atomic mass is 9.98. The normalized spacial score (nSPS) is 16.1. The van der Waals surface area contributed by atoms with E-state index in [2.05, 4.69) is 4.98 Å². The third kappa shape index (κ3) is 5.17. The molecule has 27 heavy (non-hydrogen) atoms. The number of benzene rings is 1. The molecular weight excluding hydrogens is 369 g/mol. The van der Waals surface area contributed by atoms with Crippen LogP contribution in [-0.2, 0) is 6.42 Å². The van der Waals surface area contributed by atoms with Gasteiger partial charge in [0.05, 0.1) is 0 Å². The van der Waals surface area contributed by atoms with E-state index < -0.39 is 0 Å². The predicted molar refractivity (Wildman–Crippen MR) is 105 cm³/mol. The Bertz CT molecular complexity index is 788. The molecule has 146 valence electrons. The highest BCUT2D eigenvalue weighted by atomic mass is 35.5. The summed E-state index contributed by atoms with van der Waals surface area (Å²) >= 11 is 0. The third-order valence-corrected chi connectivity index (χ3v) is 4.68. The van der Waals surface area contributed by atoms with Gasteiger partial charge in [-0.05, 0) is 55.0 Å². The van der Waals surface area contributed by atoms with Crippen LogP contribution in [0.4, 0.5) is 4.39 Å². The van der Waals surface area contributed by atoms with Gasteiger partial charge in [0.2, 0.25) is 0 Å². The quantitative estimate of drug-likeness (QED) is 0.819. The number of carbonyl (C=O) groups excluding carboxylic acids is 1. The van der Waals surface area contributed by atoms with Gasteiger partial charge in [-0.15, -0.1) is 12.4 Å². The fourth-order valence-electron chi connectivity index (χ4n) is 3.27. The van der Waals surface area contributed by atoms with Gasteiger partial charge in [0.1, 0.15) is 12.4 Å². The molecule has 1 unspecified atom stereocenters. The lowest BCUT2D eigenvalue weighted by molar-refractivity contribution is 0.0776. The van der Waals surface area contributed by atoms with Crippen molar-refractivity contribution >= 4 is 18.3 Å². The monoisotopic (exact) mass is 393 g/mol. The molecule has 0 radical (unpaired) electrons. The summed E-state index contributed by atoms with van der Waals surface area (Å²) in [6.07, 6.45) is 3.25. The minimum atomic E-state index is -0.177. The van der Waals surface area contributed by atoms with Crippen molar-refractivity contribution in [2.75, 3.05) is 26.2 Å². The number of aryl methyl sites for hydroxylation is 1. The summed E-state index contributed by atoms with van der Waals surface area (Å²) in [7, 11) is 0. The van der Waals surface area contributed by atoms with Gasteiger partial charge in [-0.25, -0.2) is 9.37 Å². The van der Waals surface area contributed by atoms with Crippen LogP contribution in [0.25, 0.3) is 0 Å². The number of halogens is 2. The zero-order chi connectivity index (χ0) is 18.5. The van der Waals surface area contributed by atoms with Crippen LogP contribution in [0.2, 0.25) is 0 Å². The molecule has 1 amide bonds. The molecule has 1 aromatic heterocycles. The van der Waals surface area contributed by atoms with Gasteiger partial charge < -0.3 is 15.4 Å². The summed E-state index contributed by atoms with van der Waals surface area (Å²) in [5.41, 5.74) is 7.41. The average Bonchev–Trinajstić information content (AvgIpc) is 3.11. The van der Waals surface area contributed by atoms with E-state index in [9.17, 15) is 9.18 Å². The third-order valence-electron chi connectivity index (χ3n) is 4.68. The van der Waals surface area contributed by atoms with Gasteiger partial charge in [-0.1, -0.05) is 12.1 Å². The number of amides is 1. The van der Waals surface area contributed by atoms with E-state index in [1.54, 1.807) is 42.3 Å². The van der Waals surface area contributed by atoms with Crippen molar-refractivity contribution in [1.29, 1.82) is 0 Å². The maximum atomic E-state index is 13.7. The van der Waals surface area contributed by atoms with E-state index in [1.807, 2.05) is 6.07 Å². The fourth-order valence-corrected chi connectivity index (χ4v) is 3.27. The van der Waals surface area contributed by atoms with Gasteiger partial charge in [-0.2, -0.15) is 0 Å². The molecule has 1 atom stereocenters. The molecular formula is C20H25ClFN3O2. The number of ether oxygens (including phenoxy) is 1. The average molecular weight is 394 g/mol. The topological polar surface area (TPSA) is 68.5 Å². The van der Waals surface area contributed by atoms with E-state index >= 15 is 0 Å². The van der Waals surface area contributed by atoms with Crippen molar-refractivity contribution in [3.05, 3.63) is 59.2 Å². The number of nitrogens with two attached hydrogens (primary N) is 1. The number of nitrogens with zero attached hydrogens (tertiary/aromatic N) is 2. The molecule has 5 nitrogen and oxygen atoms in total. The standard InChI is InChI=1S/C20H24FN3O2.ClH/c1-14-4-5-15(12-17(14)21)11-16-6-9-24(13-16)20(25)19-18(26-10-7-22)3-2-8-23-19;/h2-5,8,12,16H,6-7,9-11,13,22H2,1H3;1H. The van der Waals surface area contributed by atoms with E-state index in [1.165, 1.54) is 0 Å². The molecule has 1 aliphatic rings. The Balaban J connectivity index is 0.00000261. The van der Waals surface area contributed by atoms with Crippen molar-refractivity contribution in [2.24, 2.45) is 11.7 Å². The maximum absolute atomic E-state index is 13.7. The number of hydrogen-bond donors (Lipinski definition) is 1. The summed E-state index contributed by atoms with van der Waals surface area (Å²) in [5, 5.41) is 0. The second-order valence-electron chi connectivity index (χ2n) is 6.68. The zero-order valence-corrected chi connectivity index (χ0v) is 16.2. The molecule has 0 spiro atoms. The van der Waals surface area contributed by atoms with Gasteiger partial charge in [-0.3, -0.25) is 4.79 Å². The first kappa shape index (κ1) is 21.1. The second kappa shape index (κ2) is 9.67. The summed E-state index contributed by atoms with van der Waals surface area (Å²) in [4.78, 5) is 18.8. The lowest BCUT2D eigenvalue weighted by Crippen LogP contribution is -2.30. The van der Waals surface area contributed by atoms with Crippen LogP contribution in [0.3, 0.4) is 0 Å². The van der Waals surface area contributed by atoms with Crippen molar-refractivity contribution in [2.45, 2.75) is 19.8 Å². The molecule has 1 fully saturated rings. The predicted octanol–water partition coefficient (Wildman–Crippen LogP) is 2.99. The number of pyridine rings is 1. The zero-order valence-electron chi connectivity index (χ0n) is 15.4. The molecule has 2 aromatic rings. The van der Waals surface area contributed by atoms with Crippen LogP contribution in [0.1, 0.15) is 28.0 Å². The number of hydrogen-bond acceptors (Lipinski definition) is 4. The number of rotatable bonds is 6. The van der Waals surface area contributed by atoms with Crippen molar-refractivity contribution in [3.8, 4) is 5.75 Å². The number of aromatic nitrogens is 1. The Morgan fingerprint density at radius 3 is 2.96 bits per heavy atom. The SMILES string of the molecule is Cc1ccc(CC2CCN(C(=O)c3ncccc3OCCN)C2)cc1F.Cl. The van der Waals surface area contributed by atoms with Crippen molar-refractivity contribution < 1.29 is 13.9 Å². The summed E-state index contributed by atoms with van der Waals surface area (Å²) in [6.45, 7) is 3.78. The van der Waals surface area contributed by atoms with Crippen molar-refractivity contribution in [1.82, 2.24) is 9.88 Å². The van der Waals surface area contributed by atoms with Gasteiger partial charge in [0.15, 0.2) is 11.4 Å². The second-order valence-corrected chi connectivity index (χ2v) is 6.68. The van der Waals surface area contributed by atoms with Gasteiger partial charge in [0, 0.05) is 25.8 Å². The molecule has 3 rings (SSSR count). The van der Waals surface area contributed by atoms with Gasteiger partial charge in [0.25, 0.3) is 5.91 Å². The smallest absolute Gasteiger partial charge is 0.276 e. The highest BCUT2D eigenvalue weighted by Crippen LogP contribution is 2.25. The molecule has 1 aliphatic heterocycles. The summed E-state index contributed by atoms with van der Waals surface area (Å²) in [6, 6.07) is 8.83. The largest absolute Gasteiger partial charge is 0.490 e. The fraction of sp³-hybridized carbons (Fsp3) is 0.400. The Kier molecular flexibility index (Phi) is 7.56. The Labute approximate surface area is 165 Å². The maximum Gasteiger partial charge on any atom is 0.276 e. The van der Waals surface area contributed by atoms with Crippen LogP contribution in [0, 0.1) is 18.7 Å². The first-order valence-electron chi connectivity index (χ1n) is 8.90. The summed E-state index contributed by atoms with van der Waals surface area (Å²) in [5.74, 6) is 0.476. The van der Waals surface area contributed by atoms with E-state index in [-0.39, 0.29) is 24.1 Å². The van der Waals surface area contributed by atoms with Gasteiger partial charge >= 0.3 is 0 Å². The van der Waals surface area contributed by atoms with Crippen molar-refractivity contribution in [3.63, 3.8) is 0 Å². The highest BCUT2D eigenvalue weighted by Gasteiger charge is 2.29. The number of carbonyl (C=O) groups is 1. The van der Waals surface area contributed by atoms with E-state index in [0.29, 0.717) is 49.2 Å². The first-order chi connectivity index (χ1) is 12.6. The summed E-state index contributed by atoms with van der Waals surface area (Å²) < 4.78 is 19.3. The lowest BCUT2D eigenvalue weighted by Gasteiger charge is -2.18. The first-order valence-corrected chi connectivity index (χ1v) is 8.90. The van der Waals surface area contributed by atoms with Crippen LogP contribution in [0.5, 0.6) is 5.75 Å². The molecule has 1 saturated heterocycles. The highest BCUT2D eigenvalue weighted by molar-refractivity contribution is 5.95. The molecule has 0 bridgehead atoms. The van der Waals surface area contributed by atoms with E-state index in [4.69, 9.17) is 10.5 Å². The Morgan fingerprint density at radius 1 is 1.41 bits per heavy atom. The van der Waals surface area contributed by atoms with E-state index in [0.717, 1.165) is 18.4 Å². The van der Waals surface area contributed by atoms with Crippen LogP contribution >= 0.6 is 12.4 Å². The Morgan fingerprint density at radius 2 is 2.22 bits per heavy atom.